The van der Waals surface area contributed by atoms with Crippen LogP contribution in [0.1, 0.15) is 48.3 Å². The molecule has 3 heteroatoms. The van der Waals surface area contributed by atoms with Crippen LogP contribution in [-0.4, -0.2) is 10.4 Å². The molecule has 2 rings (SSSR count). The molecule has 0 amide bonds. The minimum atomic E-state index is -0.0175. The molecule has 1 aromatic heterocycles. The number of fused-ring (bicyclic) bond motifs is 1. The molecule has 90 valence electrons. The Morgan fingerprint density at radius 2 is 2.18 bits per heavy atom. The number of nitrogens with zero attached hydrogens (tertiary/aromatic N) is 1. The van der Waals surface area contributed by atoms with Crippen LogP contribution in [0.2, 0.25) is 0 Å². The van der Waals surface area contributed by atoms with Gasteiger partial charge in [0.15, 0.2) is 5.78 Å². The van der Waals surface area contributed by atoms with E-state index in [1.165, 1.54) is 0 Å². The van der Waals surface area contributed by atoms with E-state index in [0.29, 0.717) is 18.7 Å². The molecule has 0 saturated carbocycles. The average molecular weight is 231 g/mol. The van der Waals surface area contributed by atoms with Crippen molar-refractivity contribution >= 4 is 11.4 Å². The molecule has 17 heavy (non-hydrogen) atoms. The fourth-order valence-corrected chi connectivity index (χ4v) is 2.43. The zero-order valence-corrected chi connectivity index (χ0v) is 10.5. The predicted molar refractivity (Wildman–Crippen MR) is 68.3 cm³/mol. The summed E-state index contributed by atoms with van der Waals surface area (Å²) >= 11 is 0. The van der Waals surface area contributed by atoms with Crippen molar-refractivity contribution in [2.75, 3.05) is 0 Å². The first kappa shape index (κ1) is 11.8. The van der Waals surface area contributed by atoms with Crippen molar-refractivity contribution in [3.8, 4) is 0 Å². The highest BCUT2D eigenvalue weighted by atomic mass is 16.1. The molecular formula is C14H17NO2. The minimum Gasteiger partial charge on any atom is -0.305 e. The van der Waals surface area contributed by atoms with Crippen molar-refractivity contribution in [1.29, 1.82) is 0 Å². The summed E-state index contributed by atoms with van der Waals surface area (Å²) < 4.78 is 1.60. The van der Waals surface area contributed by atoms with Crippen molar-refractivity contribution in [3.63, 3.8) is 0 Å². The standard InChI is InChI=1S/C14H17NO2/c1-4-10(5-2)11-8-12-13(16)6-7-15(12)14(17)9(11)3/h4,8H,5-7H2,1-3H3/b10-4-. The molecule has 0 spiro atoms. The number of carbonyl (C=O) groups is 1. The molecule has 0 saturated heterocycles. The molecule has 1 aliphatic heterocycles. The van der Waals surface area contributed by atoms with Crippen LogP contribution in [0.3, 0.4) is 0 Å². The monoisotopic (exact) mass is 231 g/mol. The van der Waals surface area contributed by atoms with Gasteiger partial charge >= 0.3 is 0 Å². The Hall–Kier alpha value is -1.64. The van der Waals surface area contributed by atoms with Gasteiger partial charge in [0.2, 0.25) is 0 Å². The maximum absolute atomic E-state index is 12.1. The summed E-state index contributed by atoms with van der Waals surface area (Å²) in [4.78, 5) is 23.8. The molecule has 0 aliphatic carbocycles. The summed E-state index contributed by atoms with van der Waals surface area (Å²) in [5, 5.41) is 0. The van der Waals surface area contributed by atoms with Gasteiger partial charge in [-0.25, -0.2) is 0 Å². The summed E-state index contributed by atoms with van der Waals surface area (Å²) in [5.41, 5.74) is 3.36. The van der Waals surface area contributed by atoms with E-state index in [9.17, 15) is 9.59 Å². The van der Waals surface area contributed by atoms with E-state index in [2.05, 4.69) is 6.92 Å². The van der Waals surface area contributed by atoms with Crippen LogP contribution in [0.25, 0.3) is 5.57 Å². The molecule has 0 N–H and O–H groups in total. The Morgan fingerprint density at radius 3 is 2.76 bits per heavy atom. The second kappa shape index (κ2) is 4.32. The highest BCUT2D eigenvalue weighted by Crippen LogP contribution is 2.23. The Labute approximate surface area is 101 Å². The fourth-order valence-electron chi connectivity index (χ4n) is 2.43. The van der Waals surface area contributed by atoms with Crippen LogP contribution in [0.4, 0.5) is 0 Å². The lowest BCUT2D eigenvalue weighted by Gasteiger charge is -2.11. The van der Waals surface area contributed by atoms with Crippen molar-refractivity contribution in [1.82, 2.24) is 4.57 Å². The molecule has 0 unspecified atom stereocenters. The van der Waals surface area contributed by atoms with Crippen LogP contribution in [0, 0.1) is 6.92 Å². The molecular weight excluding hydrogens is 214 g/mol. The van der Waals surface area contributed by atoms with Crippen molar-refractivity contribution in [2.24, 2.45) is 0 Å². The summed E-state index contributed by atoms with van der Waals surface area (Å²) in [5.74, 6) is 0.0786. The summed E-state index contributed by atoms with van der Waals surface area (Å²) in [6.45, 7) is 6.39. The van der Waals surface area contributed by atoms with Gasteiger partial charge in [0, 0.05) is 18.5 Å². The van der Waals surface area contributed by atoms with Gasteiger partial charge in [-0.15, -0.1) is 0 Å². The first-order chi connectivity index (χ1) is 8.10. The van der Waals surface area contributed by atoms with E-state index in [4.69, 9.17) is 0 Å². The first-order valence-electron chi connectivity index (χ1n) is 6.03. The van der Waals surface area contributed by atoms with Gasteiger partial charge in [0.1, 0.15) is 0 Å². The highest BCUT2D eigenvalue weighted by molar-refractivity contribution is 5.97. The molecule has 1 aliphatic rings. The van der Waals surface area contributed by atoms with Crippen LogP contribution in [-0.2, 0) is 6.54 Å². The molecule has 0 fully saturated rings. The number of pyridine rings is 1. The minimum absolute atomic E-state index is 0.0175. The number of aromatic nitrogens is 1. The van der Waals surface area contributed by atoms with Crippen LogP contribution in [0.5, 0.6) is 0 Å². The van der Waals surface area contributed by atoms with Gasteiger partial charge < -0.3 is 4.57 Å². The third-order valence-corrected chi connectivity index (χ3v) is 3.47. The number of carbonyl (C=O) groups excluding carboxylic acids is 1. The van der Waals surface area contributed by atoms with E-state index in [1.807, 2.05) is 26.0 Å². The highest BCUT2D eigenvalue weighted by Gasteiger charge is 2.23. The second-order valence-electron chi connectivity index (χ2n) is 4.37. The normalized spacial score (nSPS) is 15.2. The third-order valence-electron chi connectivity index (χ3n) is 3.47. The lowest BCUT2D eigenvalue weighted by molar-refractivity contribution is 0.0994. The molecule has 0 atom stereocenters. The maximum Gasteiger partial charge on any atom is 0.254 e. The van der Waals surface area contributed by atoms with E-state index in [0.717, 1.165) is 23.1 Å². The van der Waals surface area contributed by atoms with Crippen LogP contribution < -0.4 is 5.56 Å². The predicted octanol–water partition coefficient (Wildman–Crippen LogP) is 2.56. The Kier molecular flexibility index (Phi) is 3.01. The van der Waals surface area contributed by atoms with E-state index in [-0.39, 0.29) is 11.3 Å². The number of hydrogen-bond acceptors (Lipinski definition) is 2. The molecule has 2 heterocycles. The lowest BCUT2D eigenvalue weighted by Crippen LogP contribution is -2.23. The maximum atomic E-state index is 12.1. The topological polar surface area (TPSA) is 39.1 Å². The van der Waals surface area contributed by atoms with Gasteiger partial charge in [-0.2, -0.15) is 0 Å². The second-order valence-corrected chi connectivity index (χ2v) is 4.37. The van der Waals surface area contributed by atoms with Gasteiger partial charge in [-0.05, 0) is 37.5 Å². The zero-order valence-electron chi connectivity index (χ0n) is 10.5. The number of hydrogen-bond donors (Lipinski definition) is 0. The van der Waals surface area contributed by atoms with Gasteiger partial charge in [0.05, 0.1) is 5.69 Å². The molecule has 1 aromatic rings. The fraction of sp³-hybridized carbons (Fsp3) is 0.429. The third kappa shape index (κ3) is 1.75. The zero-order chi connectivity index (χ0) is 12.6. The average Bonchev–Trinajstić information content (AvgIpc) is 2.69. The number of Topliss-reactive ketones (excluding diaryl/α,β-unsaturated/α-hetero) is 1. The number of rotatable bonds is 2. The molecule has 0 aromatic carbocycles. The molecule has 0 bridgehead atoms. The lowest BCUT2D eigenvalue weighted by atomic mass is 9.98. The quantitative estimate of drug-likeness (QED) is 0.784. The SMILES string of the molecule is C/C=C(/CC)c1cc2n(c(=O)c1C)CCC2=O. The van der Waals surface area contributed by atoms with Crippen molar-refractivity contribution in [3.05, 3.63) is 39.3 Å². The Bertz CT molecular complexity index is 564. The van der Waals surface area contributed by atoms with Gasteiger partial charge in [0.25, 0.3) is 5.56 Å². The largest absolute Gasteiger partial charge is 0.305 e. The molecule has 0 radical (unpaired) electrons. The van der Waals surface area contributed by atoms with E-state index >= 15 is 0 Å². The summed E-state index contributed by atoms with van der Waals surface area (Å²) in [7, 11) is 0. The Morgan fingerprint density at radius 1 is 1.47 bits per heavy atom. The van der Waals surface area contributed by atoms with E-state index < -0.39 is 0 Å². The van der Waals surface area contributed by atoms with Crippen molar-refractivity contribution in [2.45, 2.75) is 40.2 Å². The summed E-state index contributed by atoms with van der Waals surface area (Å²) in [6, 6.07) is 1.88. The van der Waals surface area contributed by atoms with Crippen molar-refractivity contribution < 1.29 is 4.79 Å². The first-order valence-corrected chi connectivity index (χ1v) is 6.03. The van der Waals surface area contributed by atoms with Crippen LogP contribution in [0.15, 0.2) is 16.9 Å². The summed E-state index contributed by atoms with van der Waals surface area (Å²) in [6.07, 6.45) is 3.34. The van der Waals surface area contributed by atoms with E-state index in [1.54, 1.807) is 4.57 Å². The number of allylic oxidation sites excluding steroid dienone is 2. The number of ketones is 1. The molecule has 3 nitrogen and oxygen atoms in total. The van der Waals surface area contributed by atoms with Gasteiger partial charge in [-0.1, -0.05) is 13.0 Å². The smallest absolute Gasteiger partial charge is 0.254 e. The Balaban J connectivity index is 2.72. The van der Waals surface area contributed by atoms with Gasteiger partial charge in [-0.3, -0.25) is 9.59 Å². The van der Waals surface area contributed by atoms with Crippen LogP contribution >= 0.6 is 0 Å².